The van der Waals surface area contributed by atoms with Gasteiger partial charge in [0.2, 0.25) is 6.79 Å². The Bertz CT molecular complexity index is 1020. The average Bonchev–Trinajstić information content (AvgIpc) is 3.21. The monoisotopic (exact) mass is 431 g/mol. The van der Waals surface area contributed by atoms with E-state index in [0.29, 0.717) is 52.2 Å². The first-order valence-corrected chi connectivity index (χ1v) is 9.94. The summed E-state index contributed by atoms with van der Waals surface area (Å²) in [5, 5.41) is 0.469. The first kappa shape index (κ1) is 20.2. The van der Waals surface area contributed by atoms with Crippen LogP contribution in [0.3, 0.4) is 0 Å². The van der Waals surface area contributed by atoms with Gasteiger partial charge in [-0.2, -0.15) is 0 Å². The molecule has 1 amide bonds. The van der Waals surface area contributed by atoms with Crippen molar-refractivity contribution >= 4 is 29.5 Å². The predicted octanol–water partition coefficient (Wildman–Crippen LogP) is 4.60. The van der Waals surface area contributed by atoms with E-state index < -0.39 is 6.09 Å². The topological polar surface area (TPSA) is 66.5 Å². The third-order valence-electron chi connectivity index (χ3n) is 5.05. The molecule has 0 fully saturated rings. The molecule has 2 aromatic rings. The quantitative estimate of drug-likeness (QED) is 0.705. The number of fused-ring (bicyclic) bond motifs is 2. The molecule has 0 spiro atoms. The van der Waals surface area contributed by atoms with Crippen LogP contribution in [0.4, 0.5) is 4.79 Å². The molecule has 0 bridgehead atoms. The standard InChI is InChI=1S/C22H22ClNO6/c1-4-28-22(25)24-6-5-13-8-20-21(30-12-29-20)10-15(13)17(24)7-14-9-18(26-2)19(27-3)11-16(14)23/h7-11H,4-6,12H2,1-3H3/b17-7-. The molecule has 158 valence electrons. The molecule has 0 saturated heterocycles. The Morgan fingerprint density at radius 1 is 1.13 bits per heavy atom. The lowest BCUT2D eigenvalue weighted by Gasteiger charge is -2.31. The smallest absolute Gasteiger partial charge is 0.414 e. The normalized spacial score (nSPS) is 15.7. The fourth-order valence-electron chi connectivity index (χ4n) is 3.60. The lowest BCUT2D eigenvalue weighted by molar-refractivity contribution is 0.125. The molecule has 0 unspecified atom stereocenters. The van der Waals surface area contributed by atoms with Crippen LogP contribution in [0.15, 0.2) is 24.3 Å². The summed E-state index contributed by atoms with van der Waals surface area (Å²) >= 11 is 6.51. The van der Waals surface area contributed by atoms with E-state index in [-0.39, 0.29) is 13.4 Å². The van der Waals surface area contributed by atoms with Crippen molar-refractivity contribution in [3.8, 4) is 23.0 Å². The Morgan fingerprint density at radius 3 is 2.53 bits per heavy atom. The van der Waals surface area contributed by atoms with Gasteiger partial charge in [0.1, 0.15) is 0 Å². The molecule has 8 heteroatoms. The van der Waals surface area contributed by atoms with Gasteiger partial charge in [-0.1, -0.05) is 11.6 Å². The molecular formula is C22H22ClNO6. The van der Waals surface area contributed by atoms with Gasteiger partial charge in [0.15, 0.2) is 23.0 Å². The molecule has 2 heterocycles. The van der Waals surface area contributed by atoms with Crippen LogP contribution < -0.4 is 18.9 Å². The van der Waals surface area contributed by atoms with Crippen molar-refractivity contribution in [2.24, 2.45) is 0 Å². The Morgan fingerprint density at radius 2 is 1.83 bits per heavy atom. The molecule has 0 aromatic heterocycles. The summed E-state index contributed by atoms with van der Waals surface area (Å²) in [7, 11) is 3.11. The third kappa shape index (κ3) is 3.61. The number of methoxy groups -OCH3 is 2. The highest BCUT2D eigenvalue weighted by Gasteiger charge is 2.30. The van der Waals surface area contributed by atoms with Gasteiger partial charge in [-0.3, -0.25) is 4.90 Å². The molecule has 0 aliphatic carbocycles. The molecule has 0 atom stereocenters. The highest BCUT2D eigenvalue weighted by atomic mass is 35.5. The number of nitrogens with zero attached hydrogens (tertiary/aromatic N) is 1. The van der Waals surface area contributed by atoms with Crippen LogP contribution in [-0.2, 0) is 11.2 Å². The van der Waals surface area contributed by atoms with Crippen LogP contribution in [-0.4, -0.2) is 45.2 Å². The Labute approximate surface area is 179 Å². The fraction of sp³-hybridized carbons (Fsp3) is 0.318. The predicted molar refractivity (Wildman–Crippen MR) is 112 cm³/mol. The van der Waals surface area contributed by atoms with E-state index in [0.717, 1.165) is 11.1 Å². The van der Waals surface area contributed by atoms with Crippen LogP contribution in [0.25, 0.3) is 11.8 Å². The van der Waals surface area contributed by atoms with Crippen LogP contribution >= 0.6 is 11.6 Å². The summed E-state index contributed by atoms with van der Waals surface area (Å²) in [5.74, 6) is 2.42. The molecule has 4 rings (SSSR count). The minimum atomic E-state index is -0.413. The van der Waals surface area contributed by atoms with Crippen molar-refractivity contribution < 1.29 is 28.5 Å². The number of carbonyl (C=O) groups excluding carboxylic acids is 1. The maximum atomic E-state index is 12.7. The number of benzene rings is 2. The molecule has 2 aromatic carbocycles. The third-order valence-corrected chi connectivity index (χ3v) is 5.38. The maximum absolute atomic E-state index is 12.7. The summed E-state index contributed by atoms with van der Waals surface area (Å²) in [5.41, 5.74) is 3.28. The van der Waals surface area contributed by atoms with Crippen molar-refractivity contribution in [3.05, 3.63) is 46.0 Å². The van der Waals surface area contributed by atoms with E-state index in [1.54, 1.807) is 38.2 Å². The molecule has 2 aliphatic rings. The summed E-state index contributed by atoms with van der Waals surface area (Å²) in [6.45, 7) is 2.72. The summed E-state index contributed by atoms with van der Waals surface area (Å²) in [6.07, 6.45) is 2.10. The first-order chi connectivity index (χ1) is 14.5. The molecule has 7 nitrogen and oxygen atoms in total. The maximum Gasteiger partial charge on any atom is 0.414 e. The van der Waals surface area contributed by atoms with Crippen molar-refractivity contribution in [1.82, 2.24) is 4.90 Å². The second-order valence-corrected chi connectivity index (χ2v) is 7.13. The summed E-state index contributed by atoms with van der Waals surface area (Å²) in [6, 6.07) is 7.32. The number of hydrogen-bond acceptors (Lipinski definition) is 6. The lowest BCUT2D eigenvalue weighted by atomic mass is 9.94. The number of amides is 1. The Hall–Kier alpha value is -3.06. The number of ether oxygens (including phenoxy) is 5. The summed E-state index contributed by atoms with van der Waals surface area (Å²) in [4.78, 5) is 14.3. The minimum absolute atomic E-state index is 0.181. The molecular weight excluding hydrogens is 410 g/mol. The number of carbonyl (C=O) groups is 1. The zero-order valence-electron chi connectivity index (χ0n) is 17.0. The van der Waals surface area contributed by atoms with Crippen LogP contribution in [0, 0.1) is 0 Å². The number of hydrogen-bond donors (Lipinski definition) is 0. The van der Waals surface area contributed by atoms with Gasteiger partial charge >= 0.3 is 6.09 Å². The minimum Gasteiger partial charge on any atom is -0.493 e. The highest BCUT2D eigenvalue weighted by Crippen LogP contribution is 2.42. The van der Waals surface area contributed by atoms with E-state index in [4.69, 9.17) is 35.3 Å². The van der Waals surface area contributed by atoms with Gasteiger partial charge < -0.3 is 23.7 Å². The summed E-state index contributed by atoms with van der Waals surface area (Å²) < 4.78 is 27.1. The Kier molecular flexibility index (Phi) is 5.63. The van der Waals surface area contributed by atoms with E-state index >= 15 is 0 Å². The van der Waals surface area contributed by atoms with Crippen molar-refractivity contribution in [2.75, 3.05) is 34.2 Å². The second kappa shape index (κ2) is 8.36. The van der Waals surface area contributed by atoms with Crippen molar-refractivity contribution in [1.29, 1.82) is 0 Å². The SMILES string of the molecule is CCOC(=O)N1CCc2cc3c(cc2/C1=C/c1cc(OC)c(OC)cc1Cl)OCO3. The largest absolute Gasteiger partial charge is 0.493 e. The van der Waals surface area contributed by atoms with E-state index in [2.05, 4.69) is 0 Å². The van der Waals surface area contributed by atoms with E-state index in [1.807, 2.05) is 18.2 Å². The van der Waals surface area contributed by atoms with Gasteiger partial charge in [0.05, 0.1) is 31.5 Å². The van der Waals surface area contributed by atoms with Crippen molar-refractivity contribution in [2.45, 2.75) is 13.3 Å². The number of halogens is 1. The van der Waals surface area contributed by atoms with Gasteiger partial charge in [-0.15, -0.1) is 0 Å². The van der Waals surface area contributed by atoms with E-state index in [1.165, 1.54) is 0 Å². The average molecular weight is 432 g/mol. The van der Waals surface area contributed by atoms with Crippen molar-refractivity contribution in [3.63, 3.8) is 0 Å². The van der Waals surface area contributed by atoms with Gasteiger partial charge in [0, 0.05) is 18.2 Å². The lowest BCUT2D eigenvalue weighted by Crippen LogP contribution is -2.35. The second-order valence-electron chi connectivity index (χ2n) is 6.72. The zero-order chi connectivity index (χ0) is 21.3. The molecule has 0 saturated carbocycles. The van der Waals surface area contributed by atoms with Crippen LogP contribution in [0.5, 0.6) is 23.0 Å². The zero-order valence-corrected chi connectivity index (χ0v) is 17.7. The van der Waals surface area contributed by atoms with Gasteiger partial charge in [0.25, 0.3) is 0 Å². The molecule has 0 N–H and O–H groups in total. The van der Waals surface area contributed by atoms with Gasteiger partial charge in [-0.05, 0) is 48.7 Å². The highest BCUT2D eigenvalue weighted by molar-refractivity contribution is 6.32. The molecule has 30 heavy (non-hydrogen) atoms. The van der Waals surface area contributed by atoms with Gasteiger partial charge in [-0.25, -0.2) is 4.79 Å². The fourth-order valence-corrected chi connectivity index (χ4v) is 3.81. The molecule has 2 aliphatic heterocycles. The first-order valence-electron chi connectivity index (χ1n) is 9.56. The number of rotatable bonds is 4. The molecule has 0 radical (unpaired) electrons. The van der Waals surface area contributed by atoms with Crippen LogP contribution in [0.2, 0.25) is 5.02 Å². The Balaban J connectivity index is 1.86. The van der Waals surface area contributed by atoms with Crippen LogP contribution in [0.1, 0.15) is 23.6 Å². The van der Waals surface area contributed by atoms with E-state index in [9.17, 15) is 4.79 Å².